The van der Waals surface area contributed by atoms with Crippen molar-refractivity contribution in [3.05, 3.63) is 12.2 Å². The van der Waals surface area contributed by atoms with Gasteiger partial charge >= 0.3 is 0 Å². The summed E-state index contributed by atoms with van der Waals surface area (Å²) in [6, 6.07) is 0. The summed E-state index contributed by atoms with van der Waals surface area (Å²) in [5, 5.41) is 0. The lowest BCUT2D eigenvalue weighted by Crippen LogP contribution is -2.48. The predicted octanol–water partition coefficient (Wildman–Crippen LogP) is 5.14. The average molecular weight is 254 g/mol. The van der Waals surface area contributed by atoms with Crippen LogP contribution >= 0.6 is 0 Å². The second kappa shape index (κ2) is 6.19. The fourth-order valence-corrected chi connectivity index (χ4v) is 9.10. The Hall–Kier alpha value is -0.0831. The van der Waals surface area contributed by atoms with Gasteiger partial charge in [-0.2, -0.15) is 0 Å². The van der Waals surface area contributed by atoms with Crippen molar-refractivity contribution in [1.82, 2.24) is 0 Å². The first-order valence-corrected chi connectivity index (χ1v) is 9.34. The van der Waals surface area contributed by atoms with Crippen molar-refractivity contribution < 1.29 is 4.43 Å². The van der Waals surface area contributed by atoms with Crippen LogP contribution in [0.25, 0.3) is 0 Å². The van der Waals surface area contributed by atoms with Crippen LogP contribution in [0.1, 0.15) is 54.4 Å². The van der Waals surface area contributed by atoms with Gasteiger partial charge in [0.25, 0.3) is 0 Å². The van der Waals surface area contributed by atoms with E-state index in [1.54, 1.807) is 0 Å². The molecule has 0 N–H and O–H groups in total. The highest BCUT2D eigenvalue weighted by atomic mass is 28.4. The SMILES string of the molecule is CC(C)[Si](OCC1CC=CC1)(C(C)C)C(C)C. The molecule has 0 radical (unpaired) electrons. The molecule has 100 valence electrons. The number of hydrogen-bond donors (Lipinski definition) is 0. The predicted molar refractivity (Wildman–Crippen MR) is 78.9 cm³/mol. The lowest BCUT2D eigenvalue weighted by atomic mass is 10.1. The van der Waals surface area contributed by atoms with Gasteiger partial charge in [0.05, 0.1) is 0 Å². The van der Waals surface area contributed by atoms with E-state index in [-0.39, 0.29) is 0 Å². The van der Waals surface area contributed by atoms with E-state index in [0.29, 0.717) is 16.6 Å². The Kier molecular flexibility index (Phi) is 5.45. The molecule has 1 rings (SSSR count). The Morgan fingerprint density at radius 3 is 1.71 bits per heavy atom. The Bertz CT molecular complexity index is 226. The number of rotatable bonds is 6. The first kappa shape index (κ1) is 15.0. The lowest BCUT2D eigenvalue weighted by Gasteiger charge is -2.42. The largest absolute Gasteiger partial charge is 0.416 e. The smallest absolute Gasteiger partial charge is 0.200 e. The molecule has 0 aromatic rings. The molecule has 0 atom stereocenters. The van der Waals surface area contributed by atoms with Crippen molar-refractivity contribution in [2.75, 3.05) is 6.61 Å². The highest BCUT2D eigenvalue weighted by Crippen LogP contribution is 2.42. The topological polar surface area (TPSA) is 9.23 Å². The van der Waals surface area contributed by atoms with Crippen molar-refractivity contribution >= 4 is 8.32 Å². The van der Waals surface area contributed by atoms with Crippen LogP contribution in [-0.4, -0.2) is 14.9 Å². The molecule has 0 bridgehead atoms. The zero-order valence-electron chi connectivity index (χ0n) is 12.5. The molecule has 1 aliphatic rings. The Morgan fingerprint density at radius 1 is 0.941 bits per heavy atom. The molecule has 0 aliphatic heterocycles. The second-order valence-electron chi connectivity index (χ2n) is 6.44. The zero-order chi connectivity index (χ0) is 13.1. The maximum Gasteiger partial charge on any atom is 0.200 e. The molecule has 1 aliphatic carbocycles. The van der Waals surface area contributed by atoms with E-state index in [9.17, 15) is 0 Å². The van der Waals surface area contributed by atoms with Gasteiger partial charge in [0, 0.05) is 6.61 Å². The fourth-order valence-electron chi connectivity index (χ4n) is 3.57. The fraction of sp³-hybridized carbons (Fsp3) is 0.867. The van der Waals surface area contributed by atoms with Crippen LogP contribution in [0.5, 0.6) is 0 Å². The van der Waals surface area contributed by atoms with E-state index in [2.05, 4.69) is 53.7 Å². The van der Waals surface area contributed by atoms with Crippen molar-refractivity contribution in [1.29, 1.82) is 0 Å². The molecule has 2 heteroatoms. The third-order valence-electron chi connectivity index (χ3n) is 4.38. The zero-order valence-corrected chi connectivity index (χ0v) is 13.5. The summed E-state index contributed by atoms with van der Waals surface area (Å²) < 4.78 is 6.60. The highest BCUT2D eigenvalue weighted by Gasteiger charge is 2.45. The monoisotopic (exact) mass is 254 g/mol. The molecule has 0 aromatic heterocycles. The second-order valence-corrected chi connectivity index (χ2v) is 11.9. The normalized spacial score (nSPS) is 17.9. The molecule has 17 heavy (non-hydrogen) atoms. The minimum Gasteiger partial charge on any atom is -0.416 e. The molecular weight excluding hydrogens is 224 g/mol. The van der Waals surface area contributed by atoms with Crippen LogP contribution < -0.4 is 0 Å². The van der Waals surface area contributed by atoms with E-state index in [1.165, 1.54) is 12.8 Å². The third kappa shape index (κ3) is 3.23. The standard InChI is InChI=1S/C15H30OSi/c1-12(2)17(13(3)4,14(5)6)16-11-15-9-7-8-10-15/h7-8,12-15H,9-11H2,1-6H3. The minimum absolute atomic E-state index is 0.705. The molecule has 0 saturated carbocycles. The first-order valence-electron chi connectivity index (χ1n) is 7.20. The summed E-state index contributed by atoms with van der Waals surface area (Å²) in [5.74, 6) is 0.748. The van der Waals surface area contributed by atoms with Gasteiger partial charge in [0.2, 0.25) is 0 Å². The summed E-state index contributed by atoms with van der Waals surface area (Å²) >= 11 is 0. The van der Waals surface area contributed by atoms with E-state index >= 15 is 0 Å². The van der Waals surface area contributed by atoms with E-state index in [4.69, 9.17) is 4.43 Å². The van der Waals surface area contributed by atoms with Gasteiger partial charge in [-0.1, -0.05) is 53.7 Å². The minimum atomic E-state index is -1.62. The summed E-state index contributed by atoms with van der Waals surface area (Å²) in [6.07, 6.45) is 7.05. The van der Waals surface area contributed by atoms with E-state index in [0.717, 1.165) is 12.5 Å². The van der Waals surface area contributed by atoms with Crippen LogP contribution in [0, 0.1) is 5.92 Å². The van der Waals surface area contributed by atoms with Crippen molar-refractivity contribution in [2.45, 2.75) is 71.0 Å². The quantitative estimate of drug-likeness (QED) is 0.471. The molecular formula is C15H30OSi. The molecule has 1 nitrogen and oxygen atoms in total. The van der Waals surface area contributed by atoms with Crippen LogP contribution in [-0.2, 0) is 4.43 Å². The molecule has 0 aromatic carbocycles. The van der Waals surface area contributed by atoms with E-state index < -0.39 is 8.32 Å². The van der Waals surface area contributed by atoms with Crippen LogP contribution in [0.4, 0.5) is 0 Å². The third-order valence-corrected chi connectivity index (χ3v) is 10.5. The van der Waals surface area contributed by atoms with Crippen molar-refractivity contribution in [2.24, 2.45) is 5.92 Å². The van der Waals surface area contributed by atoms with Gasteiger partial charge in [-0.15, -0.1) is 0 Å². The maximum absolute atomic E-state index is 6.60. The van der Waals surface area contributed by atoms with Crippen LogP contribution in [0.15, 0.2) is 12.2 Å². The van der Waals surface area contributed by atoms with Crippen molar-refractivity contribution in [3.63, 3.8) is 0 Å². The summed E-state index contributed by atoms with van der Waals surface area (Å²) in [7, 11) is -1.62. The van der Waals surface area contributed by atoms with Gasteiger partial charge in [-0.25, -0.2) is 0 Å². The summed E-state index contributed by atoms with van der Waals surface area (Å²) in [4.78, 5) is 0. The van der Waals surface area contributed by atoms with E-state index in [1.807, 2.05) is 0 Å². The average Bonchev–Trinajstić information content (AvgIpc) is 2.69. The van der Waals surface area contributed by atoms with Crippen LogP contribution in [0.2, 0.25) is 16.6 Å². The molecule has 0 spiro atoms. The molecule has 0 fully saturated rings. The lowest BCUT2D eigenvalue weighted by molar-refractivity contribution is 0.226. The highest BCUT2D eigenvalue weighted by molar-refractivity contribution is 6.77. The molecule has 0 unspecified atom stereocenters. The summed E-state index contributed by atoms with van der Waals surface area (Å²) in [5.41, 5.74) is 2.12. The van der Waals surface area contributed by atoms with Crippen molar-refractivity contribution in [3.8, 4) is 0 Å². The number of hydrogen-bond acceptors (Lipinski definition) is 1. The van der Waals surface area contributed by atoms with Gasteiger partial charge < -0.3 is 4.43 Å². The van der Waals surface area contributed by atoms with Gasteiger partial charge in [0.15, 0.2) is 8.32 Å². The van der Waals surface area contributed by atoms with Gasteiger partial charge in [-0.05, 0) is 35.4 Å². The first-order chi connectivity index (χ1) is 7.91. The Labute approximate surface area is 109 Å². The summed E-state index contributed by atoms with van der Waals surface area (Å²) in [6.45, 7) is 15.1. The molecule has 0 saturated heterocycles. The Balaban J connectivity index is 2.68. The van der Waals surface area contributed by atoms with Crippen LogP contribution in [0.3, 0.4) is 0 Å². The molecule has 0 amide bonds. The number of allylic oxidation sites excluding steroid dienone is 2. The van der Waals surface area contributed by atoms with Gasteiger partial charge in [-0.3, -0.25) is 0 Å². The maximum atomic E-state index is 6.60. The molecule has 0 heterocycles. The van der Waals surface area contributed by atoms with Gasteiger partial charge in [0.1, 0.15) is 0 Å². The Morgan fingerprint density at radius 2 is 1.35 bits per heavy atom.